The Labute approximate surface area is 184 Å². The van der Waals surface area contributed by atoms with E-state index in [4.69, 9.17) is 26.6 Å². The lowest BCUT2D eigenvalue weighted by Gasteiger charge is -2.12. The van der Waals surface area contributed by atoms with Crippen molar-refractivity contribution in [2.75, 3.05) is 0 Å². The summed E-state index contributed by atoms with van der Waals surface area (Å²) in [4.78, 5) is 14.3. The van der Waals surface area contributed by atoms with Crippen LogP contribution in [0, 0.1) is 11.3 Å². The maximum Gasteiger partial charge on any atom is 0.276 e. The molecule has 1 saturated heterocycles. The molecule has 156 valence electrons. The summed E-state index contributed by atoms with van der Waals surface area (Å²) >= 11 is 5.32. The minimum absolute atomic E-state index is 0.221. The SMILES string of the molecule is CCn1cc(CN2C(=O)/C(=C\c3ccc(COc4ccc(C#N)cc4)o3)NC2=S)cn1. The number of aryl methyl sites for hydroxylation is 1. The molecule has 31 heavy (non-hydrogen) atoms. The predicted octanol–water partition coefficient (Wildman–Crippen LogP) is 3.20. The highest BCUT2D eigenvalue weighted by molar-refractivity contribution is 7.80. The zero-order chi connectivity index (χ0) is 21.8. The van der Waals surface area contributed by atoms with E-state index in [2.05, 4.69) is 16.5 Å². The van der Waals surface area contributed by atoms with Gasteiger partial charge in [-0.25, -0.2) is 0 Å². The number of thiocarbonyl (C=S) groups is 1. The molecule has 1 aromatic carbocycles. The molecule has 0 radical (unpaired) electrons. The zero-order valence-electron chi connectivity index (χ0n) is 16.7. The van der Waals surface area contributed by atoms with Crippen LogP contribution in [0.25, 0.3) is 6.08 Å². The van der Waals surface area contributed by atoms with Crippen LogP contribution < -0.4 is 10.1 Å². The molecule has 0 atom stereocenters. The normalized spacial score (nSPS) is 14.7. The maximum absolute atomic E-state index is 12.8. The Kier molecular flexibility index (Phi) is 5.82. The summed E-state index contributed by atoms with van der Waals surface area (Å²) < 4.78 is 13.2. The molecule has 0 spiro atoms. The zero-order valence-corrected chi connectivity index (χ0v) is 17.6. The number of benzene rings is 1. The molecule has 1 aliphatic heterocycles. The first-order valence-corrected chi connectivity index (χ1v) is 10.0. The quantitative estimate of drug-likeness (QED) is 0.451. The van der Waals surface area contributed by atoms with E-state index in [1.807, 2.05) is 13.1 Å². The van der Waals surface area contributed by atoms with Crippen molar-refractivity contribution in [3.63, 3.8) is 0 Å². The first kappa shape index (κ1) is 20.4. The highest BCUT2D eigenvalue weighted by atomic mass is 32.1. The molecule has 0 unspecified atom stereocenters. The Balaban J connectivity index is 1.39. The highest BCUT2D eigenvalue weighted by Gasteiger charge is 2.31. The molecule has 1 N–H and O–H groups in total. The van der Waals surface area contributed by atoms with Crippen LogP contribution in [0.3, 0.4) is 0 Å². The Morgan fingerprint density at radius 3 is 2.81 bits per heavy atom. The number of hydrogen-bond donors (Lipinski definition) is 1. The van der Waals surface area contributed by atoms with Crippen molar-refractivity contribution in [3.05, 3.63) is 77.1 Å². The van der Waals surface area contributed by atoms with E-state index in [0.717, 1.165) is 12.1 Å². The van der Waals surface area contributed by atoms with Crippen molar-refractivity contribution >= 4 is 29.3 Å². The molecule has 0 bridgehead atoms. The van der Waals surface area contributed by atoms with Gasteiger partial charge in [0.2, 0.25) is 0 Å². The molecule has 1 fully saturated rings. The number of amides is 1. The monoisotopic (exact) mass is 433 g/mol. The minimum Gasteiger partial charge on any atom is -0.486 e. The molecule has 8 nitrogen and oxygen atoms in total. The van der Waals surface area contributed by atoms with Crippen LogP contribution in [0.15, 0.2) is 58.9 Å². The fourth-order valence-electron chi connectivity index (χ4n) is 3.03. The average molecular weight is 433 g/mol. The Hall–Kier alpha value is -3.90. The van der Waals surface area contributed by atoms with E-state index in [-0.39, 0.29) is 12.5 Å². The van der Waals surface area contributed by atoms with Crippen molar-refractivity contribution in [1.82, 2.24) is 20.0 Å². The second kappa shape index (κ2) is 8.85. The van der Waals surface area contributed by atoms with Crippen LogP contribution in [0.4, 0.5) is 0 Å². The summed E-state index contributed by atoms with van der Waals surface area (Å²) in [5, 5.41) is 16.4. The molecule has 2 aromatic heterocycles. The van der Waals surface area contributed by atoms with Gasteiger partial charge in [-0.05, 0) is 55.5 Å². The van der Waals surface area contributed by atoms with Gasteiger partial charge in [-0.3, -0.25) is 14.4 Å². The number of nitrogens with zero attached hydrogens (tertiary/aromatic N) is 4. The van der Waals surface area contributed by atoms with Gasteiger partial charge < -0.3 is 14.5 Å². The van der Waals surface area contributed by atoms with Gasteiger partial charge in [0.15, 0.2) is 5.11 Å². The lowest BCUT2D eigenvalue weighted by Crippen LogP contribution is -2.29. The second-order valence-electron chi connectivity index (χ2n) is 6.81. The Morgan fingerprint density at radius 1 is 1.29 bits per heavy atom. The van der Waals surface area contributed by atoms with E-state index in [1.54, 1.807) is 53.4 Å². The van der Waals surface area contributed by atoms with Crippen LogP contribution in [-0.2, 0) is 24.5 Å². The van der Waals surface area contributed by atoms with Gasteiger partial charge in [-0.1, -0.05) is 0 Å². The number of rotatable bonds is 7. The van der Waals surface area contributed by atoms with Crippen molar-refractivity contribution in [2.24, 2.45) is 0 Å². The molecular formula is C22H19N5O3S. The molecule has 1 amide bonds. The largest absolute Gasteiger partial charge is 0.486 e. The van der Waals surface area contributed by atoms with Crippen molar-refractivity contribution < 1.29 is 13.9 Å². The van der Waals surface area contributed by atoms with E-state index in [1.165, 1.54) is 4.90 Å². The molecular weight excluding hydrogens is 414 g/mol. The van der Waals surface area contributed by atoms with E-state index in [0.29, 0.717) is 40.2 Å². The molecule has 9 heteroatoms. The lowest BCUT2D eigenvalue weighted by molar-refractivity contribution is -0.122. The molecule has 3 aromatic rings. The second-order valence-corrected chi connectivity index (χ2v) is 7.20. The number of furan rings is 1. The van der Waals surface area contributed by atoms with Crippen LogP contribution in [0.2, 0.25) is 0 Å². The molecule has 4 rings (SSSR count). The van der Waals surface area contributed by atoms with Gasteiger partial charge in [0.25, 0.3) is 5.91 Å². The van der Waals surface area contributed by atoms with E-state index < -0.39 is 0 Å². The number of aromatic nitrogens is 2. The third-order valence-corrected chi connectivity index (χ3v) is 4.97. The summed E-state index contributed by atoms with van der Waals surface area (Å²) in [5.41, 5.74) is 1.82. The van der Waals surface area contributed by atoms with Crippen molar-refractivity contribution in [2.45, 2.75) is 26.6 Å². The van der Waals surface area contributed by atoms with Gasteiger partial charge in [0.1, 0.15) is 29.6 Å². The Morgan fingerprint density at radius 2 is 2.10 bits per heavy atom. The standard InChI is InChI=1S/C22H19N5O3S/c1-2-26-12-16(11-24-26)13-27-21(28)20(25-22(27)31)9-18-7-8-19(30-18)14-29-17-5-3-15(10-23)4-6-17/h3-9,11-12H,2,13-14H2,1H3,(H,25,31)/b20-9+. The van der Waals surface area contributed by atoms with E-state index >= 15 is 0 Å². The fraction of sp³-hybridized carbons (Fsp3) is 0.182. The molecule has 1 aliphatic rings. The number of ether oxygens (including phenoxy) is 1. The smallest absolute Gasteiger partial charge is 0.276 e. The number of hydrogen-bond acceptors (Lipinski definition) is 6. The van der Waals surface area contributed by atoms with Gasteiger partial charge in [-0.15, -0.1) is 0 Å². The lowest BCUT2D eigenvalue weighted by atomic mass is 10.2. The number of carbonyl (C=O) groups is 1. The molecule has 0 aliphatic carbocycles. The summed E-state index contributed by atoms with van der Waals surface area (Å²) in [7, 11) is 0. The van der Waals surface area contributed by atoms with Gasteiger partial charge in [-0.2, -0.15) is 10.4 Å². The number of nitriles is 1. The third kappa shape index (κ3) is 4.65. The first-order chi connectivity index (χ1) is 15.1. The van der Waals surface area contributed by atoms with Crippen molar-refractivity contribution in [3.8, 4) is 11.8 Å². The van der Waals surface area contributed by atoms with Crippen LogP contribution in [-0.4, -0.2) is 25.7 Å². The molecule has 0 saturated carbocycles. The van der Waals surface area contributed by atoms with Gasteiger partial charge in [0.05, 0.1) is 24.4 Å². The van der Waals surface area contributed by atoms with Crippen LogP contribution >= 0.6 is 12.2 Å². The van der Waals surface area contributed by atoms with E-state index in [9.17, 15) is 4.79 Å². The number of carbonyl (C=O) groups excluding carboxylic acids is 1. The van der Waals surface area contributed by atoms with Crippen molar-refractivity contribution in [1.29, 1.82) is 5.26 Å². The topological polar surface area (TPSA) is 96.3 Å². The average Bonchev–Trinajstić information content (AvgIpc) is 3.49. The highest BCUT2D eigenvalue weighted by Crippen LogP contribution is 2.20. The predicted molar refractivity (Wildman–Crippen MR) is 116 cm³/mol. The summed E-state index contributed by atoms with van der Waals surface area (Å²) in [6.45, 7) is 3.33. The van der Waals surface area contributed by atoms with Crippen LogP contribution in [0.1, 0.15) is 29.6 Å². The fourth-order valence-corrected chi connectivity index (χ4v) is 3.29. The molecule has 3 heterocycles. The minimum atomic E-state index is -0.221. The maximum atomic E-state index is 12.8. The summed E-state index contributed by atoms with van der Waals surface area (Å²) in [6, 6.07) is 12.4. The first-order valence-electron chi connectivity index (χ1n) is 9.63. The van der Waals surface area contributed by atoms with Gasteiger partial charge in [0, 0.05) is 24.4 Å². The van der Waals surface area contributed by atoms with Gasteiger partial charge >= 0.3 is 0 Å². The summed E-state index contributed by atoms with van der Waals surface area (Å²) in [5.74, 6) is 1.53. The van der Waals surface area contributed by atoms with Crippen LogP contribution in [0.5, 0.6) is 5.75 Å². The summed E-state index contributed by atoms with van der Waals surface area (Å²) in [6.07, 6.45) is 5.24. The third-order valence-electron chi connectivity index (χ3n) is 4.65. The Bertz CT molecular complexity index is 1190. The number of nitrogens with one attached hydrogen (secondary N) is 1.